The molecular formula is C19H27N3O3. The molecule has 0 saturated carbocycles. The maximum atomic E-state index is 13.1. The summed E-state index contributed by atoms with van der Waals surface area (Å²) in [6.07, 6.45) is 4.18. The molecule has 136 valence electrons. The molecule has 0 unspecified atom stereocenters. The van der Waals surface area contributed by atoms with E-state index in [0.717, 1.165) is 31.6 Å². The first-order chi connectivity index (χ1) is 12.1. The number of hydrogen-bond acceptors (Lipinski definition) is 4. The maximum absolute atomic E-state index is 13.1. The van der Waals surface area contributed by atoms with E-state index >= 15 is 0 Å². The lowest BCUT2D eigenvalue weighted by Crippen LogP contribution is -2.52. The number of methoxy groups -OCH3 is 1. The second-order valence-corrected chi connectivity index (χ2v) is 7.10. The third-order valence-electron chi connectivity index (χ3n) is 5.34. The number of nitrogens with zero attached hydrogens (tertiary/aromatic N) is 2. The number of hydrogen-bond donors (Lipinski definition) is 1. The number of primary amides is 1. The van der Waals surface area contributed by atoms with E-state index < -0.39 is 11.4 Å². The number of rotatable bonds is 6. The van der Waals surface area contributed by atoms with Crippen molar-refractivity contribution in [1.29, 1.82) is 0 Å². The fourth-order valence-electron chi connectivity index (χ4n) is 4.18. The predicted molar refractivity (Wildman–Crippen MR) is 96.6 cm³/mol. The van der Waals surface area contributed by atoms with Gasteiger partial charge in [-0.05, 0) is 49.9 Å². The Morgan fingerprint density at radius 1 is 1.12 bits per heavy atom. The van der Waals surface area contributed by atoms with Gasteiger partial charge in [0.25, 0.3) is 5.91 Å². The van der Waals surface area contributed by atoms with Crippen molar-refractivity contribution in [3.8, 4) is 0 Å². The van der Waals surface area contributed by atoms with Crippen LogP contribution in [0.5, 0.6) is 0 Å². The van der Waals surface area contributed by atoms with Gasteiger partial charge in [-0.2, -0.15) is 0 Å². The summed E-state index contributed by atoms with van der Waals surface area (Å²) in [5.41, 5.74) is 6.63. The normalized spacial score (nSPS) is 23.2. The lowest BCUT2D eigenvalue weighted by molar-refractivity contribution is -0.121. The third-order valence-corrected chi connectivity index (χ3v) is 5.34. The average molecular weight is 345 g/mol. The lowest BCUT2D eigenvalue weighted by Gasteiger charge is -2.37. The molecular weight excluding hydrogens is 318 g/mol. The second kappa shape index (κ2) is 7.44. The van der Waals surface area contributed by atoms with Crippen LogP contribution in [0, 0.1) is 0 Å². The highest BCUT2D eigenvalue weighted by atomic mass is 16.5. The number of carbonyl (C=O) groups excluding carboxylic acids is 2. The third kappa shape index (κ3) is 3.63. The molecule has 1 aromatic carbocycles. The van der Waals surface area contributed by atoms with E-state index in [4.69, 9.17) is 10.5 Å². The van der Waals surface area contributed by atoms with Gasteiger partial charge >= 0.3 is 0 Å². The van der Waals surface area contributed by atoms with Crippen LogP contribution < -0.4 is 10.6 Å². The van der Waals surface area contributed by atoms with Gasteiger partial charge in [-0.1, -0.05) is 0 Å². The Hall–Kier alpha value is -2.08. The van der Waals surface area contributed by atoms with E-state index in [1.807, 2.05) is 24.3 Å². The molecule has 6 nitrogen and oxygen atoms in total. The molecule has 2 saturated heterocycles. The van der Waals surface area contributed by atoms with Crippen LogP contribution >= 0.6 is 0 Å². The number of anilines is 1. The zero-order valence-corrected chi connectivity index (χ0v) is 14.9. The van der Waals surface area contributed by atoms with Crippen molar-refractivity contribution in [2.75, 3.05) is 38.3 Å². The summed E-state index contributed by atoms with van der Waals surface area (Å²) in [7, 11) is 1.59. The Bertz CT molecular complexity index is 625. The number of ether oxygens (including phenoxy) is 1. The summed E-state index contributed by atoms with van der Waals surface area (Å²) in [4.78, 5) is 28.7. The lowest BCUT2D eigenvalue weighted by atomic mass is 9.92. The number of likely N-dealkylation sites (tertiary alicyclic amines) is 1. The van der Waals surface area contributed by atoms with Gasteiger partial charge in [-0.3, -0.25) is 9.59 Å². The van der Waals surface area contributed by atoms with Crippen LogP contribution in [-0.2, 0) is 9.53 Å². The smallest absolute Gasteiger partial charge is 0.254 e. The van der Waals surface area contributed by atoms with Gasteiger partial charge in [-0.25, -0.2) is 0 Å². The molecule has 2 fully saturated rings. The summed E-state index contributed by atoms with van der Waals surface area (Å²) < 4.78 is 5.32. The molecule has 2 heterocycles. The highest BCUT2D eigenvalue weighted by Crippen LogP contribution is 2.34. The first kappa shape index (κ1) is 17.7. The molecule has 0 radical (unpaired) electrons. The second-order valence-electron chi connectivity index (χ2n) is 7.10. The Morgan fingerprint density at radius 3 is 2.40 bits per heavy atom. The minimum absolute atomic E-state index is 0.0521. The topological polar surface area (TPSA) is 75.9 Å². The average Bonchev–Trinajstić information content (AvgIpc) is 3.24. The van der Waals surface area contributed by atoms with E-state index in [0.29, 0.717) is 18.7 Å². The number of carbonyl (C=O) groups is 2. The molecule has 0 spiro atoms. The SMILES string of the molecule is COC[C@]1(CC(N)=O)CCCN1C(=O)c1ccc(N2CCCC2)cc1. The molecule has 25 heavy (non-hydrogen) atoms. The summed E-state index contributed by atoms with van der Waals surface area (Å²) in [6.45, 7) is 3.11. The number of nitrogens with two attached hydrogens (primary N) is 1. The summed E-state index contributed by atoms with van der Waals surface area (Å²) >= 11 is 0. The van der Waals surface area contributed by atoms with E-state index in [1.54, 1.807) is 12.0 Å². The van der Waals surface area contributed by atoms with Crippen molar-refractivity contribution in [2.45, 2.75) is 37.6 Å². The number of benzene rings is 1. The monoisotopic (exact) mass is 345 g/mol. The Labute approximate surface area is 148 Å². The van der Waals surface area contributed by atoms with Gasteiger partial charge in [0.2, 0.25) is 5.91 Å². The molecule has 0 aromatic heterocycles. The molecule has 1 aromatic rings. The zero-order valence-electron chi connectivity index (χ0n) is 14.9. The van der Waals surface area contributed by atoms with E-state index in [1.165, 1.54) is 12.8 Å². The summed E-state index contributed by atoms with van der Waals surface area (Å²) in [5.74, 6) is -0.454. The molecule has 2 amide bonds. The van der Waals surface area contributed by atoms with E-state index in [9.17, 15) is 9.59 Å². The Kier molecular flexibility index (Phi) is 5.27. The van der Waals surface area contributed by atoms with Crippen molar-refractivity contribution in [2.24, 2.45) is 5.73 Å². The summed E-state index contributed by atoms with van der Waals surface area (Å²) in [5, 5.41) is 0. The van der Waals surface area contributed by atoms with Crippen LogP contribution in [0.25, 0.3) is 0 Å². The Balaban J connectivity index is 1.79. The van der Waals surface area contributed by atoms with Crippen LogP contribution in [0.2, 0.25) is 0 Å². The van der Waals surface area contributed by atoms with Gasteiger partial charge in [0.15, 0.2) is 0 Å². The van der Waals surface area contributed by atoms with Crippen LogP contribution in [0.1, 0.15) is 42.5 Å². The first-order valence-electron chi connectivity index (χ1n) is 9.00. The molecule has 0 aliphatic carbocycles. The van der Waals surface area contributed by atoms with Crippen LogP contribution in [0.4, 0.5) is 5.69 Å². The molecule has 1 atom stereocenters. The van der Waals surface area contributed by atoms with Crippen LogP contribution in [0.15, 0.2) is 24.3 Å². The molecule has 0 bridgehead atoms. The van der Waals surface area contributed by atoms with Crippen LogP contribution in [-0.4, -0.2) is 55.6 Å². The standard InChI is InChI=1S/C19H27N3O3/c1-25-14-19(13-17(20)23)9-4-12-22(19)18(24)15-5-7-16(8-6-15)21-10-2-3-11-21/h5-8H,2-4,9-14H2,1H3,(H2,20,23)/t19-/m1/s1. The van der Waals surface area contributed by atoms with E-state index in [-0.39, 0.29) is 12.3 Å². The van der Waals surface area contributed by atoms with Crippen molar-refractivity contribution in [3.05, 3.63) is 29.8 Å². The van der Waals surface area contributed by atoms with E-state index in [2.05, 4.69) is 4.90 Å². The van der Waals surface area contributed by atoms with Gasteiger partial charge in [0.1, 0.15) is 0 Å². The van der Waals surface area contributed by atoms with Gasteiger partial charge in [-0.15, -0.1) is 0 Å². The van der Waals surface area contributed by atoms with Crippen molar-refractivity contribution in [1.82, 2.24) is 4.90 Å². The van der Waals surface area contributed by atoms with Crippen molar-refractivity contribution >= 4 is 17.5 Å². The molecule has 2 N–H and O–H groups in total. The zero-order chi connectivity index (χ0) is 17.9. The molecule has 2 aliphatic heterocycles. The molecule has 3 rings (SSSR count). The minimum Gasteiger partial charge on any atom is -0.382 e. The highest BCUT2D eigenvalue weighted by molar-refractivity contribution is 5.95. The predicted octanol–water partition coefficient (Wildman–Crippen LogP) is 1.78. The van der Waals surface area contributed by atoms with Crippen molar-refractivity contribution in [3.63, 3.8) is 0 Å². The molecule has 2 aliphatic rings. The van der Waals surface area contributed by atoms with Gasteiger partial charge in [0, 0.05) is 38.0 Å². The highest BCUT2D eigenvalue weighted by Gasteiger charge is 2.45. The quantitative estimate of drug-likeness (QED) is 0.853. The minimum atomic E-state index is -0.620. The van der Waals surface area contributed by atoms with Gasteiger partial charge < -0.3 is 20.3 Å². The molecule has 6 heteroatoms. The largest absolute Gasteiger partial charge is 0.382 e. The fraction of sp³-hybridized carbons (Fsp3) is 0.579. The van der Waals surface area contributed by atoms with Crippen LogP contribution in [0.3, 0.4) is 0 Å². The van der Waals surface area contributed by atoms with Crippen molar-refractivity contribution < 1.29 is 14.3 Å². The fourth-order valence-corrected chi connectivity index (χ4v) is 4.18. The summed E-state index contributed by atoms with van der Waals surface area (Å²) in [6, 6.07) is 7.80. The maximum Gasteiger partial charge on any atom is 0.254 e. The number of amides is 2. The first-order valence-corrected chi connectivity index (χ1v) is 9.00. The Morgan fingerprint density at radius 2 is 1.80 bits per heavy atom. The van der Waals surface area contributed by atoms with Gasteiger partial charge in [0.05, 0.1) is 18.6 Å².